The van der Waals surface area contributed by atoms with Crippen LogP contribution in [-0.2, 0) is 0 Å². The molecule has 2 nitrogen and oxygen atoms in total. The van der Waals surface area contributed by atoms with Gasteiger partial charge in [0.05, 0.1) is 0 Å². The van der Waals surface area contributed by atoms with E-state index in [0.29, 0.717) is 0 Å². The second-order valence-electron chi connectivity index (χ2n) is 4.37. The monoisotopic (exact) mass is 258 g/mol. The number of anilines is 1. The average Bonchev–Trinajstić information content (AvgIpc) is 2.44. The smallest absolute Gasteiger partial charge is 0.247 e. The van der Waals surface area contributed by atoms with Gasteiger partial charge in [0.15, 0.2) is 0 Å². The summed E-state index contributed by atoms with van der Waals surface area (Å²) in [6.45, 7) is 7.92. The van der Waals surface area contributed by atoms with Crippen LogP contribution in [0, 0.1) is 20.8 Å². The quantitative estimate of drug-likeness (QED) is 0.615. The van der Waals surface area contributed by atoms with Crippen molar-refractivity contribution in [1.82, 2.24) is 5.32 Å². The van der Waals surface area contributed by atoms with Crippen molar-refractivity contribution in [2.24, 2.45) is 0 Å². The minimum atomic E-state index is -0.981. The SMILES string of the molecule is Cc1cc(C)c(N2CCNC2(Cl)Cl)c(C)c1. The van der Waals surface area contributed by atoms with Crippen LogP contribution in [0.2, 0.25) is 0 Å². The Morgan fingerprint density at radius 2 is 1.75 bits per heavy atom. The Labute approximate surface area is 107 Å². The van der Waals surface area contributed by atoms with Gasteiger partial charge in [-0.25, -0.2) is 0 Å². The molecule has 1 fully saturated rings. The summed E-state index contributed by atoms with van der Waals surface area (Å²) in [7, 11) is 0. The molecule has 0 unspecified atom stereocenters. The lowest BCUT2D eigenvalue weighted by atomic mass is 10.0. The van der Waals surface area contributed by atoms with Gasteiger partial charge in [-0.2, -0.15) is 0 Å². The molecule has 1 aromatic carbocycles. The van der Waals surface area contributed by atoms with Crippen LogP contribution in [0.5, 0.6) is 0 Å². The predicted molar refractivity (Wildman–Crippen MR) is 70.4 cm³/mol. The van der Waals surface area contributed by atoms with Crippen LogP contribution in [0.15, 0.2) is 12.1 Å². The molecule has 1 saturated heterocycles. The van der Waals surface area contributed by atoms with Crippen LogP contribution in [0.1, 0.15) is 16.7 Å². The Kier molecular flexibility index (Phi) is 3.08. The molecule has 0 saturated carbocycles. The lowest BCUT2D eigenvalue weighted by Gasteiger charge is -2.31. The molecule has 1 aliphatic rings. The molecule has 0 amide bonds. The minimum Gasteiger partial charge on any atom is -0.326 e. The van der Waals surface area contributed by atoms with Crippen LogP contribution < -0.4 is 10.2 Å². The Balaban J connectivity index is 2.48. The number of halogens is 2. The molecule has 0 spiro atoms. The van der Waals surface area contributed by atoms with Crippen molar-refractivity contribution < 1.29 is 0 Å². The number of nitrogens with zero attached hydrogens (tertiary/aromatic N) is 1. The number of aryl methyl sites for hydroxylation is 3. The van der Waals surface area contributed by atoms with Gasteiger partial charge in [-0.15, -0.1) is 0 Å². The van der Waals surface area contributed by atoms with E-state index in [9.17, 15) is 0 Å². The molecule has 0 aromatic heterocycles. The summed E-state index contributed by atoms with van der Waals surface area (Å²) in [5.41, 5.74) is 4.83. The highest BCUT2D eigenvalue weighted by Gasteiger charge is 2.38. The summed E-state index contributed by atoms with van der Waals surface area (Å²) in [5.74, 6) is 0. The third-order valence-corrected chi connectivity index (χ3v) is 3.59. The second-order valence-corrected chi connectivity index (χ2v) is 5.65. The maximum Gasteiger partial charge on any atom is 0.247 e. The number of hydrogen-bond donors (Lipinski definition) is 1. The van der Waals surface area contributed by atoms with Crippen molar-refractivity contribution in [3.8, 4) is 0 Å². The highest BCUT2D eigenvalue weighted by Crippen LogP contribution is 2.36. The summed E-state index contributed by atoms with van der Waals surface area (Å²) >= 11 is 12.5. The Morgan fingerprint density at radius 1 is 1.19 bits per heavy atom. The maximum atomic E-state index is 6.23. The zero-order valence-corrected chi connectivity index (χ0v) is 11.3. The number of alkyl halides is 2. The predicted octanol–water partition coefficient (Wildman–Crippen LogP) is 3.11. The first-order chi connectivity index (χ1) is 7.42. The molecule has 88 valence electrons. The Bertz CT molecular complexity index is 392. The van der Waals surface area contributed by atoms with E-state index < -0.39 is 4.58 Å². The fraction of sp³-hybridized carbons (Fsp3) is 0.500. The number of benzene rings is 1. The molecule has 0 aliphatic carbocycles. The van der Waals surface area contributed by atoms with Crippen molar-refractivity contribution in [3.05, 3.63) is 28.8 Å². The van der Waals surface area contributed by atoms with Gasteiger partial charge < -0.3 is 4.90 Å². The van der Waals surface area contributed by atoms with Crippen LogP contribution in [0.4, 0.5) is 5.69 Å². The molecule has 0 atom stereocenters. The first-order valence-electron chi connectivity index (χ1n) is 5.40. The molecular formula is C12H16Cl2N2. The van der Waals surface area contributed by atoms with E-state index in [2.05, 4.69) is 38.2 Å². The van der Waals surface area contributed by atoms with E-state index >= 15 is 0 Å². The molecule has 4 heteroatoms. The molecular weight excluding hydrogens is 243 g/mol. The van der Waals surface area contributed by atoms with Crippen molar-refractivity contribution in [2.75, 3.05) is 18.0 Å². The van der Waals surface area contributed by atoms with Crippen LogP contribution in [-0.4, -0.2) is 17.7 Å². The maximum absolute atomic E-state index is 6.23. The van der Waals surface area contributed by atoms with Crippen molar-refractivity contribution in [1.29, 1.82) is 0 Å². The molecule has 0 bridgehead atoms. The van der Waals surface area contributed by atoms with Crippen LogP contribution in [0.3, 0.4) is 0 Å². The zero-order chi connectivity index (χ0) is 11.9. The first kappa shape index (κ1) is 12.0. The fourth-order valence-electron chi connectivity index (χ4n) is 2.40. The van der Waals surface area contributed by atoms with E-state index in [-0.39, 0.29) is 0 Å². The number of rotatable bonds is 1. The van der Waals surface area contributed by atoms with E-state index in [1.807, 2.05) is 4.90 Å². The summed E-state index contributed by atoms with van der Waals surface area (Å²) in [6.07, 6.45) is 0. The highest BCUT2D eigenvalue weighted by atomic mass is 35.5. The fourth-order valence-corrected chi connectivity index (χ4v) is 2.93. The normalized spacial score (nSPS) is 19.2. The van der Waals surface area contributed by atoms with Gasteiger partial charge >= 0.3 is 0 Å². The summed E-state index contributed by atoms with van der Waals surface area (Å²) in [6, 6.07) is 4.31. The lowest BCUT2D eigenvalue weighted by molar-refractivity contribution is 0.718. The highest BCUT2D eigenvalue weighted by molar-refractivity contribution is 6.49. The number of nitrogens with one attached hydrogen (secondary N) is 1. The largest absolute Gasteiger partial charge is 0.326 e. The van der Waals surface area contributed by atoms with Gasteiger partial charge in [-0.05, 0) is 31.9 Å². The topological polar surface area (TPSA) is 15.3 Å². The lowest BCUT2D eigenvalue weighted by Crippen LogP contribution is -2.41. The van der Waals surface area contributed by atoms with Gasteiger partial charge in [0.2, 0.25) is 4.58 Å². The van der Waals surface area contributed by atoms with Crippen molar-refractivity contribution in [2.45, 2.75) is 25.4 Å². The van der Waals surface area contributed by atoms with Gasteiger partial charge in [0.1, 0.15) is 0 Å². The first-order valence-corrected chi connectivity index (χ1v) is 6.16. The van der Waals surface area contributed by atoms with Crippen LogP contribution >= 0.6 is 23.2 Å². The third-order valence-electron chi connectivity index (χ3n) is 2.92. The minimum absolute atomic E-state index is 0.805. The van der Waals surface area contributed by atoms with Crippen molar-refractivity contribution >= 4 is 28.9 Å². The van der Waals surface area contributed by atoms with Gasteiger partial charge in [-0.3, -0.25) is 5.32 Å². The van der Waals surface area contributed by atoms with Gasteiger partial charge in [0, 0.05) is 18.8 Å². The standard InChI is InChI=1S/C12H16Cl2N2/c1-8-6-9(2)11(10(3)7-8)16-5-4-15-12(16,13)14/h6-7,15H,4-5H2,1-3H3. The van der Waals surface area contributed by atoms with E-state index in [0.717, 1.165) is 18.8 Å². The zero-order valence-electron chi connectivity index (χ0n) is 9.77. The molecule has 1 aromatic rings. The van der Waals surface area contributed by atoms with E-state index in [1.165, 1.54) is 16.7 Å². The molecule has 1 heterocycles. The Morgan fingerprint density at radius 3 is 2.19 bits per heavy atom. The van der Waals surface area contributed by atoms with Crippen molar-refractivity contribution in [3.63, 3.8) is 0 Å². The van der Waals surface area contributed by atoms with Gasteiger partial charge in [-0.1, -0.05) is 40.9 Å². The molecule has 1 aliphatic heterocycles. The summed E-state index contributed by atoms with van der Waals surface area (Å²) < 4.78 is -0.981. The molecule has 16 heavy (non-hydrogen) atoms. The van der Waals surface area contributed by atoms with Crippen LogP contribution in [0.25, 0.3) is 0 Å². The average molecular weight is 259 g/mol. The third kappa shape index (κ3) is 2.02. The molecule has 2 rings (SSSR count). The van der Waals surface area contributed by atoms with Gasteiger partial charge in [0.25, 0.3) is 0 Å². The second kappa shape index (κ2) is 4.10. The number of hydrogen-bond acceptors (Lipinski definition) is 2. The summed E-state index contributed by atoms with van der Waals surface area (Å²) in [5, 5.41) is 3.07. The Hall–Kier alpha value is -0.440. The summed E-state index contributed by atoms with van der Waals surface area (Å²) in [4.78, 5) is 2.01. The van der Waals surface area contributed by atoms with E-state index in [4.69, 9.17) is 23.2 Å². The van der Waals surface area contributed by atoms with E-state index in [1.54, 1.807) is 0 Å². The molecule has 1 N–H and O–H groups in total. The molecule has 0 radical (unpaired) electrons.